The second-order valence-electron chi connectivity index (χ2n) is 5.26. The van der Waals surface area contributed by atoms with Gasteiger partial charge in [0.05, 0.1) is 6.20 Å². The van der Waals surface area contributed by atoms with Gasteiger partial charge in [0.15, 0.2) is 17.3 Å². The first-order valence-corrected chi connectivity index (χ1v) is 8.49. The zero-order valence-electron chi connectivity index (χ0n) is 12.7. The maximum absolute atomic E-state index is 13.0. The smallest absolute Gasteiger partial charge is 0.256 e. The van der Waals surface area contributed by atoms with E-state index >= 15 is 0 Å². The zero-order chi connectivity index (χ0) is 16.4. The maximum atomic E-state index is 13.0. The molecule has 4 nitrogen and oxygen atoms in total. The molecule has 0 atom stereocenters. The number of benzene rings is 2. The Bertz CT molecular complexity index is 848. The Kier molecular flexibility index (Phi) is 4.13. The first-order chi connectivity index (χ1) is 11.8. The number of aromatic nitrogens is 1. The van der Waals surface area contributed by atoms with Crippen molar-refractivity contribution in [3.8, 4) is 22.8 Å². The minimum atomic E-state index is -0.272. The molecule has 4 rings (SSSR count). The van der Waals surface area contributed by atoms with Crippen LogP contribution in [0.4, 0.5) is 4.39 Å². The predicted octanol–water partition coefficient (Wildman–Crippen LogP) is 4.54. The summed E-state index contributed by atoms with van der Waals surface area (Å²) in [5.74, 6) is 2.62. The summed E-state index contributed by atoms with van der Waals surface area (Å²) in [6, 6.07) is 12.1. The fourth-order valence-corrected chi connectivity index (χ4v) is 3.14. The summed E-state index contributed by atoms with van der Waals surface area (Å²) in [5, 5.41) is 0.573. The molecule has 1 aliphatic heterocycles. The van der Waals surface area contributed by atoms with Crippen LogP contribution in [0.25, 0.3) is 11.3 Å². The molecule has 3 aromatic rings. The van der Waals surface area contributed by atoms with Gasteiger partial charge in [-0.1, -0.05) is 17.8 Å². The van der Waals surface area contributed by atoms with Crippen molar-refractivity contribution >= 4 is 11.8 Å². The third kappa shape index (κ3) is 3.23. The third-order valence-electron chi connectivity index (χ3n) is 3.58. The molecule has 0 aliphatic carbocycles. The highest BCUT2D eigenvalue weighted by molar-refractivity contribution is 7.98. The SMILES string of the molecule is Fc1ccc(-c2cnc(SCc3ccc4c(c3)OCCO4)o2)cc1. The number of thioether (sulfide) groups is 1. The second-order valence-corrected chi connectivity index (χ2v) is 6.19. The molecule has 122 valence electrons. The molecule has 24 heavy (non-hydrogen) atoms. The van der Waals surface area contributed by atoms with Crippen LogP contribution >= 0.6 is 11.8 Å². The fraction of sp³-hybridized carbons (Fsp3) is 0.167. The number of oxazole rings is 1. The first-order valence-electron chi connectivity index (χ1n) is 7.51. The normalized spacial score (nSPS) is 13.0. The highest BCUT2D eigenvalue weighted by Crippen LogP contribution is 2.33. The van der Waals surface area contributed by atoms with Gasteiger partial charge in [-0.25, -0.2) is 9.37 Å². The Morgan fingerprint density at radius 3 is 2.62 bits per heavy atom. The molecule has 0 radical (unpaired) electrons. The van der Waals surface area contributed by atoms with E-state index in [9.17, 15) is 4.39 Å². The van der Waals surface area contributed by atoms with Gasteiger partial charge in [0, 0.05) is 11.3 Å². The number of fused-ring (bicyclic) bond motifs is 1. The van der Waals surface area contributed by atoms with E-state index in [1.54, 1.807) is 18.3 Å². The summed E-state index contributed by atoms with van der Waals surface area (Å²) in [6.07, 6.45) is 1.65. The molecule has 0 bridgehead atoms. The average Bonchev–Trinajstić information content (AvgIpc) is 3.09. The van der Waals surface area contributed by atoms with Crippen molar-refractivity contribution in [3.05, 3.63) is 60.0 Å². The van der Waals surface area contributed by atoms with Gasteiger partial charge in [0.25, 0.3) is 5.22 Å². The van der Waals surface area contributed by atoms with Gasteiger partial charge in [-0.15, -0.1) is 0 Å². The van der Waals surface area contributed by atoms with Crippen molar-refractivity contribution in [1.29, 1.82) is 0 Å². The lowest BCUT2D eigenvalue weighted by atomic mass is 10.2. The average molecular weight is 343 g/mol. The molecule has 1 aliphatic rings. The predicted molar refractivity (Wildman–Crippen MR) is 88.9 cm³/mol. The number of hydrogen-bond acceptors (Lipinski definition) is 5. The number of rotatable bonds is 4. The summed E-state index contributed by atoms with van der Waals surface area (Å²) >= 11 is 1.49. The molecule has 0 saturated carbocycles. The number of hydrogen-bond donors (Lipinski definition) is 0. The zero-order valence-corrected chi connectivity index (χ0v) is 13.5. The van der Waals surface area contributed by atoms with Crippen LogP contribution < -0.4 is 9.47 Å². The van der Waals surface area contributed by atoms with Crippen LogP contribution in [0, 0.1) is 5.82 Å². The summed E-state index contributed by atoms with van der Waals surface area (Å²) in [7, 11) is 0. The van der Waals surface area contributed by atoms with Crippen LogP contribution in [0.1, 0.15) is 5.56 Å². The number of nitrogens with zero attached hydrogens (tertiary/aromatic N) is 1. The standard InChI is InChI=1S/C18H14FNO3S/c19-14-4-2-13(3-5-14)17-10-20-18(23-17)24-11-12-1-6-15-16(9-12)22-8-7-21-15/h1-6,9-10H,7-8,11H2. The lowest BCUT2D eigenvalue weighted by molar-refractivity contribution is 0.171. The van der Waals surface area contributed by atoms with Gasteiger partial charge >= 0.3 is 0 Å². The molecule has 0 saturated heterocycles. The molecule has 0 unspecified atom stereocenters. The van der Waals surface area contributed by atoms with E-state index in [4.69, 9.17) is 13.9 Å². The van der Waals surface area contributed by atoms with E-state index in [0.29, 0.717) is 29.9 Å². The third-order valence-corrected chi connectivity index (χ3v) is 4.50. The first kappa shape index (κ1) is 15.1. The molecule has 0 spiro atoms. The number of ether oxygens (including phenoxy) is 2. The van der Waals surface area contributed by atoms with Crippen molar-refractivity contribution in [2.24, 2.45) is 0 Å². The van der Waals surface area contributed by atoms with E-state index in [1.807, 2.05) is 18.2 Å². The van der Waals surface area contributed by atoms with E-state index in [0.717, 1.165) is 22.6 Å². The molecule has 0 amide bonds. The van der Waals surface area contributed by atoms with Crippen molar-refractivity contribution in [1.82, 2.24) is 4.98 Å². The summed E-state index contributed by atoms with van der Waals surface area (Å²) in [6.45, 7) is 1.16. The van der Waals surface area contributed by atoms with Crippen molar-refractivity contribution in [2.45, 2.75) is 11.0 Å². The number of halogens is 1. The van der Waals surface area contributed by atoms with Crippen LogP contribution in [0.3, 0.4) is 0 Å². The van der Waals surface area contributed by atoms with Crippen molar-refractivity contribution in [2.75, 3.05) is 13.2 Å². The Morgan fingerprint density at radius 2 is 1.79 bits per heavy atom. The van der Waals surface area contributed by atoms with Gasteiger partial charge in [-0.2, -0.15) is 0 Å². The van der Waals surface area contributed by atoms with Gasteiger partial charge < -0.3 is 13.9 Å². The Labute approximate surface area is 142 Å². The maximum Gasteiger partial charge on any atom is 0.256 e. The van der Waals surface area contributed by atoms with Crippen molar-refractivity contribution in [3.63, 3.8) is 0 Å². The minimum absolute atomic E-state index is 0.272. The topological polar surface area (TPSA) is 44.5 Å². The van der Waals surface area contributed by atoms with Gasteiger partial charge in [-0.05, 0) is 42.0 Å². The second kappa shape index (κ2) is 6.57. The molecule has 1 aromatic heterocycles. The summed E-state index contributed by atoms with van der Waals surface area (Å²) < 4.78 is 29.8. The molecule has 2 heterocycles. The minimum Gasteiger partial charge on any atom is -0.486 e. The largest absolute Gasteiger partial charge is 0.486 e. The lowest BCUT2D eigenvalue weighted by Crippen LogP contribution is -2.15. The van der Waals surface area contributed by atoms with Crippen molar-refractivity contribution < 1.29 is 18.3 Å². The van der Waals surface area contributed by atoms with Gasteiger partial charge in [-0.3, -0.25) is 0 Å². The molecule has 2 aromatic carbocycles. The summed E-state index contributed by atoms with van der Waals surface area (Å²) in [5.41, 5.74) is 1.90. The van der Waals surface area contributed by atoms with E-state index in [1.165, 1.54) is 23.9 Å². The van der Waals surface area contributed by atoms with E-state index < -0.39 is 0 Å². The summed E-state index contributed by atoms with van der Waals surface area (Å²) in [4.78, 5) is 4.26. The van der Waals surface area contributed by atoms with Crippen LogP contribution in [0.5, 0.6) is 11.5 Å². The van der Waals surface area contributed by atoms with Crippen LogP contribution in [0.2, 0.25) is 0 Å². The van der Waals surface area contributed by atoms with Gasteiger partial charge in [0.1, 0.15) is 19.0 Å². The van der Waals surface area contributed by atoms with Crippen LogP contribution in [-0.4, -0.2) is 18.2 Å². The highest BCUT2D eigenvalue weighted by atomic mass is 32.2. The fourth-order valence-electron chi connectivity index (χ4n) is 2.40. The van der Waals surface area contributed by atoms with E-state index in [2.05, 4.69) is 4.98 Å². The molecule has 6 heteroatoms. The Hall–Kier alpha value is -2.47. The Balaban J connectivity index is 1.44. The molecule has 0 N–H and O–H groups in total. The van der Waals surface area contributed by atoms with Gasteiger partial charge in [0.2, 0.25) is 0 Å². The van der Waals surface area contributed by atoms with E-state index in [-0.39, 0.29) is 5.82 Å². The highest BCUT2D eigenvalue weighted by Gasteiger charge is 2.13. The molecular formula is C18H14FNO3S. The lowest BCUT2D eigenvalue weighted by Gasteiger charge is -2.18. The quantitative estimate of drug-likeness (QED) is 0.651. The Morgan fingerprint density at radius 1 is 1.00 bits per heavy atom. The molecular weight excluding hydrogens is 329 g/mol. The van der Waals surface area contributed by atoms with Crippen LogP contribution in [-0.2, 0) is 5.75 Å². The molecule has 0 fully saturated rings. The monoisotopic (exact) mass is 343 g/mol. The van der Waals surface area contributed by atoms with Crippen LogP contribution in [0.15, 0.2) is 58.3 Å².